The lowest BCUT2D eigenvalue weighted by Crippen LogP contribution is -2.32. The van der Waals surface area contributed by atoms with Gasteiger partial charge >= 0.3 is 5.97 Å². The fraction of sp³-hybridized carbons (Fsp3) is 0.250. The minimum absolute atomic E-state index is 0.0294. The molecule has 0 saturated heterocycles. The third-order valence-corrected chi connectivity index (χ3v) is 4.51. The van der Waals surface area contributed by atoms with Crippen LogP contribution in [0.3, 0.4) is 0 Å². The molecule has 0 radical (unpaired) electrons. The van der Waals surface area contributed by atoms with Crippen molar-refractivity contribution in [3.8, 4) is 0 Å². The highest BCUT2D eigenvalue weighted by molar-refractivity contribution is 5.87. The van der Waals surface area contributed by atoms with Gasteiger partial charge in [0, 0.05) is 30.4 Å². The number of carbonyl (C=O) groups is 1. The fourth-order valence-electron chi connectivity index (χ4n) is 3.07. The smallest absolute Gasteiger partial charge is 0.330 e. The van der Waals surface area contributed by atoms with E-state index in [0.717, 1.165) is 18.5 Å². The predicted octanol–water partition coefficient (Wildman–Crippen LogP) is 3.62. The molecule has 0 aliphatic carbocycles. The number of nitro groups is 1. The molecule has 0 bridgehead atoms. The summed E-state index contributed by atoms with van der Waals surface area (Å²) in [6.07, 6.45) is 4.66. The zero-order valence-corrected chi connectivity index (χ0v) is 15.0. The first kappa shape index (κ1) is 18.4. The van der Waals surface area contributed by atoms with Gasteiger partial charge in [-0.1, -0.05) is 24.3 Å². The molecule has 1 heterocycles. The monoisotopic (exact) mass is 367 g/mol. The van der Waals surface area contributed by atoms with E-state index < -0.39 is 10.9 Å². The van der Waals surface area contributed by atoms with Gasteiger partial charge in [-0.15, -0.1) is 0 Å². The highest BCUT2D eigenvalue weighted by atomic mass is 16.6. The summed E-state index contributed by atoms with van der Waals surface area (Å²) in [6.45, 7) is 0.576. The molecular weight excluding hydrogens is 346 g/mol. The Balaban J connectivity index is 1.68. The zero-order chi connectivity index (χ0) is 19.2. The SMILES string of the molecule is COC(=O)/C=C/c1ccc(NCC2CCc3ccccc3N2)c([N+](=O)[O-])c1. The predicted molar refractivity (Wildman–Crippen MR) is 105 cm³/mol. The third kappa shape index (κ3) is 4.63. The van der Waals surface area contributed by atoms with Crippen molar-refractivity contribution < 1.29 is 14.5 Å². The molecule has 1 aliphatic rings. The van der Waals surface area contributed by atoms with E-state index in [9.17, 15) is 14.9 Å². The number of hydrogen-bond acceptors (Lipinski definition) is 6. The van der Waals surface area contributed by atoms with Gasteiger partial charge in [0.15, 0.2) is 0 Å². The average molecular weight is 367 g/mol. The number of nitrogens with zero attached hydrogens (tertiary/aromatic N) is 1. The first-order valence-corrected chi connectivity index (χ1v) is 8.69. The van der Waals surface area contributed by atoms with E-state index >= 15 is 0 Å². The molecule has 3 rings (SSSR count). The number of para-hydroxylation sites is 1. The van der Waals surface area contributed by atoms with Gasteiger partial charge in [-0.25, -0.2) is 4.79 Å². The van der Waals surface area contributed by atoms with Crippen molar-refractivity contribution in [3.05, 3.63) is 69.8 Å². The van der Waals surface area contributed by atoms with Crippen molar-refractivity contribution in [3.63, 3.8) is 0 Å². The number of carbonyl (C=O) groups excluding carboxylic acids is 1. The van der Waals surface area contributed by atoms with Gasteiger partial charge < -0.3 is 15.4 Å². The Morgan fingerprint density at radius 3 is 2.96 bits per heavy atom. The number of hydrogen-bond donors (Lipinski definition) is 2. The highest BCUT2D eigenvalue weighted by Gasteiger charge is 2.19. The molecule has 140 valence electrons. The number of rotatable bonds is 6. The van der Waals surface area contributed by atoms with E-state index in [0.29, 0.717) is 17.8 Å². The Kier molecular flexibility index (Phi) is 5.71. The van der Waals surface area contributed by atoms with Gasteiger partial charge in [-0.2, -0.15) is 0 Å². The average Bonchev–Trinajstić information content (AvgIpc) is 2.70. The molecule has 0 spiro atoms. The topological polar surface area (TPSA) is 93.5 Å². The minimum atomic E-state index is -0.511. The molecule has 1 unspecified atom stereocenters. The van der Waals surface area contributed by atoms with Crippen molar-refractivity contribution >= 4 is 29.1 Å². The number of ether oxygens (including phenoxy) is 1. The van der Waals surface area contributed by atoms with Gasteiger partial charge in [0.25, 0.3) is 5.69 Å². The van der Waals surface area contributed by atoms with Gasteiger partial charge in [0.1, 0.15) is 5.69 Å². The van der Waals surface area contributed by atoms with Crippen LogP contribution in [0, 0.1) is 10.1 Å². The molecule has 2 aromatic rings. The molecule has 0 fully saturated rings. The lowest BCUT2D eigenvalue weighted by atomic mass is 9.98. The summed E-state index contributed by atoms with van der Waals surface area (Å²) in [5, 5.41) is 18.1. The summed E-state index contributed by atoms with van der Waals surface area (Å²) in [5.74, 6) is -0.511. The van der Waals surface area contributed by atoms with E-state index in [1.165, 1.54) is 30.9 Å². The third-order valence-electron chi connectivity index (χ3n) is 4.51. The fourth-order valence-corrected chi connectivity index (χ4v) is 3.07. The van der Waals surface area contributed by atoms with Crippen molar-refractivity contribution in [2.24, 2.45) is 0 Å². The standard InChI is InChI=1S/C20H21N3O4/c1-27-20(24)11-7-14-6-10-18(19(12-14)23(25)26)21-13-16-9-8-15-4-2-3-5-17(15)22-16/h2-7,10-12,16,21-22H,8-9,13H2,1H3/b11-7+. The second kappa shape index (κ2) is 8.35. The Labute approximate surface area is 157 Å². The lowest BCUT2D eigenvalue weighted by molar-refractivity contribution is -0.384. The number of nitro benzene ring substituents is 1. The Hall–Kier alpha value is -3.35. The summed E-state index contributed by atoms with van der Waals surface area (Å²) in [7, 11) is 1.28. The van der Waals surface area contributed by atoms with Crippen LogP contribution in [0.2, 0.25) is 0 Å². The molecular formula is C20H21N3O4. The van der Waals surface area contributed by atoms with E-state index in [1.54, 1.807) is 12.1 Å². The molecule has 2 aromatic carbocycles. The summed E-state index contributed by atoms with van der Waals surface area (Å²) in [4.78, 5) is 22.2. The number of methoxy groups -OCH3 is 1. The molecule has 1 atom stereocenters. The van der Waals surface area contributed by atoms with Crippen molar-refractivity contribution in [1.82, 2.24) is 0 Å². The maximum Gasteiger partial charge on any atom is 0.330 e. The number of aryl methyl sites for hydroxylation is 1. The highest BCUT2D eigenvalue weighted by Crippen LogP contribution is 2.28. The largest absolute Gasteiger partial charge is 0.466 e. The van der Waals surface area contributed by atoms with Gasteiger partial charge in [-0.3, -0.25) is 10.1 Å². The van der Waals surface area contributed by atoms with Gasteiger partial charge in [0.05, 0.1) is 12.0 Å². The quantitative estimate of drug-likeness (QED) is 0.351. The minimum Gasteiger partial charge on any atom is -0.466 e. The van der Waals surface area contributed by atoms with Crippen molar-refractivity contribution in [2.75, 3.05) is 24.3 Å². The van der Waals surface area contributed by atoms with Crippen LogP contribution >= 0.6 is 0 Å². The Bertz CT molecular complexity index is 879. The Morgan fingerprint density at radius 1 is 1.37 bits per heavy atom. The first-order valence-electron chi connectivity index (χ1n) is 8.69. The van der Waals surface area contributed by atoms with Crippen LogP contribution in [0.4, 0.5) is 17.1 Å². The van der Waals surface area contributed by atoms with Crippen LogP contribution in [0.5, 0.6) is 0 Å². The summed E-state index contributed by atoms with van der Waals surface area (Å²) >= 11 is 0. The number of benzene rings is 2. The number of anilines is 2. The van der Waals surface area contributed by atoms with Crippen LogP contribution in [-0.2, 0) is 16.0 Å². The number of esters is 1. The molecule has 0 aromatic heterocycles. The molecule has 1 aliphatic heterocycles. The summed E-state index contributed by atoms with van der Waals surface area (Å²) in [6, 6.07) is 13.2. The molecule has 27 heavy (non-hydrogen) atoms. The van der Waals surface area contributed by atoms with Crippen LogP contribution < -0.4 is 10.6 Å². The van der Waals surface area contributed by atoms with E-state index in [4.69, 9.17) is 0 Å². The molecule has 7 nitrogen and oxygen atoms in total. The van der Waals surface area contributed by atoms with E-state index in [-0.39, 0.29) is 11.7 Å². The maximum absolute atomic E-state index is 11.4. The molecule has 7 heteroatoms. The molecule has 0 saturated carbocycles. The van der Waals surface area contributed by atoms with E-state index in [2.05, 4.69) is 21.4 Å². The zero-order valence-electron chi connectivity index (χ0n) is 15.0. The van der Waals surface area contributed by atoms with Crippen LogP contribution in [0.1, 0.15) is 17.5 Å². The van der Waals surface area contributed by atoms with Crippen LogP contribution in [0.15, 0.2) is 48.5 Å². The van der Waals surface area contributed by atoms with Crippen molar-refractivity contribution in [1.29, 1.82) is 0 Å². The second-order valence-electron chi connectivity index (χ2n) is 6.31. The lowest BCUT2D eigenvalue weighted by Gasteiger charge is -2.27. The summed E-state index contributed by atoms with van der Waals surface area (Å²) < 4.78 is 4.53. The summed E-state index contributed by atoms with van der Waals surface area (Å²) in [5.41, 5.74) is 3.39. The number of nitrogens with one attached hydrogen (secondary N) is 2. The normalized spacial score (nSPS) is 15.7. The second-order valence-corrected chi connectivity index (χ2v) is 6.31. The Morgan fingerprint density at radius 2 is 2.19 bits per heavy atom. The maximum atomic E-state index is 11.4. The van der Waals surface area contributed by atoms with Gasteiger partial charge in [0.2, 0.25) is 0 Å². The van der Waals surface area contributed by atoms with E-state index in [1.807, 2.05) is 18.2 Å². The van der Waals surface area contributed by atoms with Crippen LogP contribution in [-0.4, -0.2) is 30.6 Å². The number of fused-ring (bicyclic) bond motifs is 1. The molecule has 2 N–H and O–H groups in total. The van der Waals surface area contributed by atoms with Gasteiger partial charge in [-0.05, 0) is 42.2 Å². The molecule has 0 amide bonds. The first-order chi connectivity index (χ1) is 13.1. The van der Waals surface area contributed by atoms with Crippen molar-refractivity contribution in [2.45, 2.75) is 18.9 Å². The van der Waals surface area contributed by atoms with Crippen LogP contribution in [0.25, 0.3) is 6.08 Å².